The molecule has 1 nitrogen and oxygen atoms in total. The molecule has 9 heavy (non-hydrogen) atoms. The summed E-state index contributed by atoms with van der Waals surface area (Å²) in [6.45, 7) is 5.29. The molecule has 1 N–H and O–H groups in total. The van der Waals surface area contributed by atoms with Crippen LogP contribution in [-0.2, 0) is 0 Å². The molecule has 0 saturated heterocycles. The van der Waals surface area contributed by atoms with E-state index in [1.54, 1.807) is 0 Å². The number of hydrogen-bond donors (Lipinski definition) is 1. The van der Waals surface area contributed by atoms with Crippen LogP contribution in [0.3, 0.4) is 0 Å². The van der Waals surface area contributed by atoms with Gasteiger partial charge in [-0.3, -0.25) is 0 Å². The van der Waals surface area contributed by atoms with Crippen LogP contribution in [-0.4, -0.2) is 19.0 Å². The average Bonchev–Trinajstić information content (AvgIpc) is 1.63. The molecular weight excluding hydrogens is 134 g/mol. The van der Waals surface area contributed by atoms with E-state index in [4.69, 9.17) is 11.6 Å². The minimum atomic E-state index is 0.301. The predicted molar refractivity (Wildman–Crippen MR) is 43.0 cm³/mol. The van der Waals surface area contributed by atoms with Gasteiger partial charge < -0.3 is 5.32 Å². The van der Waals surface area contributed by atoms with E-state index in [1.165, 1.54) is 0 Å². The molecule has 56 valence electrons. The quantitative estimate of drug-likeness (QED) is 0.602. The normalized spacial score (nSPS) is 14.3. The second-order valence-electron chi connectivity index (χ2n) is 2.78. The largest absolute Gasteiger partial charge is 0.318 e. The summed E-state index contributed by atoms with van der Waals surface area (Å²) < 4.78 is 0. The summed E-state index contributed by atoms with van der Waals surface area (Å²) in [7, 11) is 1.93. The van der Waals surface area contributed by atoms with Gasteiger partial charge in [0.1, 0.15) is 0 Å². The third-order valence-corrected chi connectivity index (χ3v) is 1.49. The SMILES string of the molecule is CNCC(Cl)CC(C)C. The van der Waals surface area contributed by atoms with Gasteiger partial charge in [0.15, 0.2) is 0 Å². The number of nitrogens with one attached hydrogen (secondary N) is 1. The van der Waals surface area contributed by atoms with Crippen LogP contribution in [0.2, 0.25) is 0 Å². The molecule has 0 radical (unpaired) electrons. The van der Waals surface area contributed by atoms with Crippen molar-refractivity contribution in [3.05, 3.63) is 0 Å². The van der Waals surface area contributed by atoms with E-state index in [1.807, 2.05) is 7.05 Å². The van der Waals surface area contributed by atoms with Gasteiger partial charge in [-0.05, 0) is 19.4 Å². The molecule has 0 aliphatic rings. The maximum atomic E-state index is 5.91. The van der Waals surface area contributed by atoms with E-state index >= 15 is 0 Å². The van der Waals surface area contributed by atoms with Crippen molar-refractivity contribution in [3.8, 4) is 0 Å². The first kappa shape index (κ1) is 9.25. The molecule has 1 atom stereocenters. The third-order valence-electron chi connectivity index (χ3n) is 1.15. The van der Waals surface area contributed by atoms with E-state index in [2.05, 4.69) is 19.2 Å². The molecule has 0 aromatic heterocycles. The van der Waals surface area contributed by atoms with Gasteiger partial charge >= 0.3 is 0 Å². The maximum absolute atomic E-state index is 5.91. The smallest absolute Gasteiger partial charge is 0.0463 e. The molecule has 0 amide bonds. The topological polar surface area (TPSA) is 12.0 Å². The summed E-state index contributed by atoms with van der Waals surface area (Å²) in [4.78, 5) is 0. The fraction of sp³-hybridized carbons (Fsp3) is 1.00. The molecule has 0 aliphatic carbocycles. The van der Waals surface area contributed by atoms with Gasteiger partial charge in [0.2, 0.25) is 0 Å². The van der Waals surface area contributed by atoms with Crippen LogP contribution < -0.4 is 5.32 Å². The number of halogens is 1. The highest BCUT2D eigenvalue weighted by atomic mass is 35.5. The maximum Gasteiger partial charge on any atom is 0.0463 e. The second kappa shape index (κ2) is 5.07. The van der Waals surface area contributed by atoms with Crippen LogP contribution in [0, 0.1) is 5.92 Å². The lowest BCUT2D eigenvalue weighted by Gasteiger charge is -2.10. The van der Waals surface area contributed by atoms with Crippen LogP contribution in [0.4, 0.5) is 0 Å². The molecule has 0 spiro atoms. The lowest BCUT2D eigenvalue weighted by Crippen LogP contribution is -2.20. The lowest BCUT2D eigenvalue weighted by molar-refractivity contribution is 0.549. The molecule has 0 fully saturated rings. The van der Waals surface area contributed by atoms with Crippen LogP contribution in [0.5, 0.6) is 0 Å². The van der Waals surface area contributed by atoms with Crippen molar-refractivity contribution in [2.45, 2.75) is 25.6 Å². The molecule has 1 unspecified atom stereocenters. The summed E-state index contributed by atoms with van der Waals surface area (Å²) >= 11 is 5.91. The van der Waals surface area contributed by atoms with Gasteiger partial charge in [0.25, 0.3) is 0 Å². The Morgan fingerprint density at radius 3 is 2.33 bits per heavy atom. The Morgan fingerprint density at radius 2 is 2.00 bits per heavy atom. The number of hydrogen-bond acceptors (Lipinski definition) is 1. The van der Waals surface area contributed by atoms with Crippen LogP contribution in [0.25, 0.3) is 0 Å². The Kier molecular flexibility index (Phi) is 5.21. The zero-order chi connectivity index (χ0) is 7.28. The van der Waals surface area contributed by atoms with Crippen molar-refractivity contribution >= 4 is 11.6 Å². The molecule has 2 heteroatoms. The van der Waals surface area contributed by atoms with Gasteiger partial charge in [-0.1, -0.05) is 13.8 Å². The standard InChI is InChI=1S/C7H16ClN/c1-6(2)4-7(8)5-9-3/h6-7,9H,4-5H2,1-3H3. The first-order valence-electron chi connectivity index (χ1n) is 3.45. The highest BCUT2D eigenvalue weighted by Crippen LogP contribution is 2.08. The summed E-state index contributed by atoms with van der Waals surface area (Å²) in [5.41, 5.74) is 0. The fourth-order valence-corrected chi connectivity index (χ4v) is 1.33. The molecule has 0 bridgehead atoms. The first-order chi connectivity index (χ1) is 4.16. The Hall–Kier alpha value is 0.250. The Labute approximate surface area is 62.8 Å². The van der Waals surface area contributed by atoms with Crippen LogP contribution in [0.1, 0.15) is 20.3 Å². The van der Waals surface area contributed by atoms with Crippen molar-refractivity contribution in [1.82, 2.24) is 5.32 Å². The van der Waals surface area contributed by atoms with Gasteiger partial charge in [0, 0.05) is 11.9 Å². The molecule has 0 saturated carbocycles. The molecule has 0 aromatic rings. The van der Waals surface area contributed by atoms with E-state index in [0.29, 0.717) is 11.3 Å². The first-order valence-corrected chi connectivity index (χ1v) is 3.89. The third kappa shape index (κ3) is 6.13. The van der Waals surface area contributed by atoms with Crippen molar-refractivity contribution in [1.29, 1.82) is 0 Å². The van der Waals surface area contributed by atoms with E-state index < -0.39 is 0 Å². The molecule has 0 rings (SSSR count). The lowest BCUT2D eigenvalue weighted by atomic mass is 10.1. The molecule has 0 aliphatic heterocycles. The van der Waals surface area contributed by atoms with E-state index in [-0.39, 0.29) is 0 Å². The van der Waals surface area contributed by atoms with Gasteiger partial charge in [-0.2, -0.15) is 0 Å². The second-order valence-corrected chi connectivity index (χ2v) is 3.40. The summed E-state index contributed by atoms with van der Waals surface area (Å²) in [5, 5.41) is 3.34. The number of rotatable bonds is 4. The van der Waals surface area contributed by atoms with Crippen molar-refractivity contribution in [2.24, 2.45) is 5.92 Å². The zero-order valence-electron chi connectivity index (χ0n) is 6.45. The summed E-state index contributed by atoms with van der Waals surface area (Å²) in [6.07, 6.45) is 1.10. The Balaban J connectivity index is 3.15. The highest BCUT2D eigenvalue weighted by Gasteiger charge is 2.04. The summed E-state index contributed by atoms with van der Waals surface area (Å²) in [5.74, 6) is 0.709. The summed E-state index contributed by atoms with van der Waals surface area (Å²) in [6, 6.07) is 0. The van der Waals surface area contributed by atoms with Crippen molar-refractivity contribution in [2.75, 3.05) is 13.6 Å². The highest BCUT2D eigenvalue weighted by molar-refractivity contribution is 6.20. The Bertz CT molecular complexity index is 63.9. The molecule has 0 heterocycles. The van der Waals surface area contributed by atoms with Gasteiger partial charge in [-0.15, -0.1) is 11.6 Å². The van der Waals surface area contributed by atoms with E-state index in [9.17, 15) is 0 Å². The zero-order valence-corrected chi connectivity index (χ0v) is 7.20. The average molecular weight is 150 g/mol. The van der Waals surface area contributed by atoms with Gasteiger partial charge in [-0.25, -0.2) is 0 Å². The van der Waals surface area contributed by atoms with Crippen molar-refractivity contribution in [3.63, 3.8) is 0 Å². The molecular formula is C7H16ClN. The van der Waals surface area contributed by atoms with Crippen LogP contribution >= 0.6 is 11.6 Å². The fourth-order valence-electron chi connectivity index (χ4n) is 0.816. The Morgan fingerprint density at radius 1 is 1.44 bits per heavy atom. The predicted octanol–water partition coefficient (Wildman–Crippen LogP) is 1.86. The van der Waals surface area contributed by atoms with E-state index in [0.717, 1.165) is 13.0 Å². The number of alkyl halides is 1. The van der Waals surface area contributed by atoms with Crippen LogP contribution in [0.15, 0.2) is 0 Å². The monoisotopic (exact) mass is 149 g/mol. The van der Waals surface area contributed by atoms with Crippen molar-refractivity contribution < 1.29 is 0 Å². The van der Waals surface area contributed by atoms with Gasteiger partial charge in [0.05, 0.1) is 0 Å². The minimum Gasteiger partial charge on any atom is -0.318 e. The molecule has 0 aromatic carbocycles. The minimum absolute atomic E-state index is 0.301.